The van der Waals surface area contributed by atoms with Gasteiger partial charge >= 0.3 is 5.63 Å². The first-order chi connectivity index (χ1) is 14.5. The molecule has 30 heavy (non-hydrogen) atoms. The van der Waals surface area contributed by atoms with E-state index >= 15 is 0 Å². The van der Waals surface area contributed by atoms with Gasteiger partial charge < -0.3 is 14.1 Å². The minimum absolute atomic E-state index is 0.350. The fourth-order valence-electron chi connectivity index (χ4n) is 4.39. The third-order valence-corrected chi connectivity index (χ3v) is 5.79. The zero-order valence-corrected chi connectivity index (χ0v) is 17.4. The van der Waals surface area contributed by atoms with Crippen LogP contribution in [0.1, 0.15) is 22.3 Å². The van der Waals surface area contributed by atoms with Crippen LogP contribution in [0.4, 0.5) is 5.69 Å². The number of ether oxygens (including phenoxy) is 1. The first-order valence-electron chi connectivity index (χ1n) is 10.1. The molecule has 0 radical (unpaired) electrons. The molecular weight excluding hydrogens is 374 g/mol. The second-order valence-electron chi connectivity index (χ2n) is 7.97. The van der Waals surface area contributed by atoms with E-state index in [0.29, 0.717) is 12.3 Å². The predicted octanol–water partition coefficient (Wildman–Crippen LogP) is 5.74. The highest BCUT2D eigenvalue weighted by atomic mass is 16.5. The highest BCUT2D eigenvalue weighted by Crippen LogP contribution is 2.39. The van der Waals surface area contributed by atoms with Gasteiger partial charge in [0, 0.05) is 34.8 Å². The highest BCUT2D eigenvalue weighted by molar-refractivity contribution is 5.96. The first kappa shape index (κ1) is 18.5. The van der Waals surface area contributed by atoms with Gasteiger partial charge in [0.15, 0.2) is 6.73 Å². The van der Waals surface area contributed by atoms with Crippen LogP contribution in [0, 0.1) is 20.8 Å². The number of aryl methyl sites for hydroxylation is 3. The third-order valence-electron chi connectivity index (χ3n) is 5.79. The Morgan fingerprint density at radius 1 is 0.933 bits per heavy atom. The van der Waals surface area contributed by atoms with Crippen LogP contribution in [-0.2, 0) is 6.54 Å². The van der Waals surface area contributed by atoms with E-state index in [2.05, 4.69) is 43.0 Å². The number of hydrogen-bond donors (Lipinski definition) is 0. The smallest absolute Gasteiger partial charge is 0.336 e. The first-order valence-corrected chi connectivity index (χ1v) is 10.1. The van der Waals surface area contributed by atoms with Gasteiger partial charge in [0.1, 0.15) is 11.3 Å². The molecule has 1 aliphatic rings. The molecule has 4 nitrogen and oxygen atoms in total. The molecule has 2 heterocycles. The lowest BCUT2D eigenvalue weighted by Gasteiger charge is -2.33. The van der Waals surface area contributed by atoms with Crippen LogP contribution in [0.2, 0.25) is 0 Å². The molecule has 1 aromatic heterocycles. The van der Waals surface area contributed by atoms with Crippen molar-refractivity contribution < 1.29 is 9.15 Å². The van der Waals surface area contributed by atoms with Crippen LogP contribution in [0.5, 0.6) is 5.75 Å². The maximum Gasteiger partial charge on any atom is 0.336 e. The molecule has 150 valence electrons. The molecule has 0 saturated heterocycles. The molecule has 0 spiro atoms. The van der Waals surface area contributed by atoms with E-state index < -0.39 is 0 Å². The second kappa shape index (κ2) is 7.06. The standard InChI is InChI=1S/C26H23NO3/c1-16-9-10-23(17(2)11-16)27-14-20-12-22-21(19-7-5-4-6-8-19)13-24(28)30-26(22)18(3)25(20)29-15-27/h4-13H,14-15H2,1-3H3. The van der Waals surface area contributed by atoms with E-state index in [1.165, 1.54) is 16.8 Å². The summed E-state index contributed by atoms with van der Waals surface area (Å²) < 4.78 is 11.8. The quantitative estimate of drug-likeness (QED) is 0.405. The van der Waals surface area contributed by atoms with Gasteiger partial charge in [-0.1, -0.05) is 48.0 Å². The normalized spacial score (nSPS) is 13.2. The average Bonchev–Trinajstić information content (AvgIpc) is 2.74. The predicted molar refractivity (Wildman–Crippen MR) is 120 cm³/mol. The highest BCUT2D eigenvalue weighted by Gasteiger charge is 2.24. The van der Waals surface area contributed by atoms with Crippen molar-refractivity contribution in [3.8, 4) is 16.9 Å². The van der Waals surface area contributed by atoms with Gasteiger partial charge in [-0.3, -0.25) is 0 Å². The van der Waals surface area contributed by atoms with Crippen LogP contribution in [0.15, 0.2) is 69.9 Å². The molecule has 0 saturated carbocycles. The van der Waals surface area contributed by atoms with E-state index in [-0.39, 0.29) is 5.63 Å². The maximum absolute atomic E-state index is 12.3. The van der Waals surface area contributed by atoms with Crippen molar-refractivity contribution in [1.82, 2.24) is 0 Å². The minimum Gasteiger partial charge on any atom is -0.472 e. The molecule has 0 N–H and O–H groups in total. The van der Waals surface area contributed by atoms with Crippen molar-refractivity contribution in [2.24, 2.45) is 0 Å². The summed E-state index contributed by atoms with van der Waals surface area (Å²) in [5, 5.41) is 0.933. The van der Waals surface area contributed by atoms with Gasteiger partial charge in [-0.25, -0.2) is 4.79 Å². The summed E-state index contributed by atoms with van der Waals surface area (Å²) in [4.78, 5) is 14.5. The zero-order chi connectivity index (χ0) is 20.8. The van der Waals surface area contributed by atoms with Crippen LogP contribution in [0.25, 0.3) is 22.1 Å². The lowest BCUT2D eigenvalue weighted by molar-refractivity contribution is 0.287. The van der Waals surface area contributed by atoms with Crippen LogP contribution in [0.3, 0.4) is 0 Å². The Labute approximate surface area is 175 Å². The summed E-state index contributed by atoms with van der Waals surface area (Å²) in [7, 11) is 0. The monoisotopic (exact) mass is 397 g/mol. The number of benzene rings is 3. The summed E-state index contributed by atoms with van der Waals surface area (Å²) in [5.41, 5.74) is 7.75. The number of fused-ring (bicyclic) bond motifs is 2. The van der Waals surface area contributed by atoms with Gasteiger partial charge in [-0.05, 0) is 49.6 Å². The number of nitrogens with zero attached hydrogens (tertiary/aromatic N) is 1. The molecule has 0 atom stereocenters. The van der Waals surface area contributed by atoms with Crippen LogP contribution < -0.4 is 15.3 Å². The Bertz CT molecular complexity index is 1320. The van der Waals surface area contributed by atoms with Gasteiger partial charge in [0.05, 0.1) is 0 Å². The Balaban J connectivity index is 1.67. The van der Waals surface area contributed by atoms with Crippen molar-refractivity contribution in [2.75, 3.05) is 11.6 Å². The molecule has 3 aromatic carbocycles. The summed E-state index contributed by atoms with van der Waals surface area (Å²) in [6, 6.07) is 20.1. The van der Waals surface area contributed by atoms with Gasteiger partial charge in [-0.15, -0.1) is 0 Å². The third kappa shape index (κ3) is 3.05. The van der Waals surface area contributed by atoms with Crippen LogP contribution in [-0.4, -0.2) is 6.73 Å². The maximum atomic E-state index is 12.3. The fraction of sp³-hybridized carbons (Fsp3) is 0.192. The topological polar surface area (TPSA) is 42.7 Å². The van der Waals surface area contributed by atoms with Crippen molar-refractivity contribution in [1.29, 1.82) is 0 Å². The van der Waals surface area contributed by atoms with Crippen molar-refractivity contribution in [2.45, 2.75) is 27.3 Å². The Morgan fingerprint density at radius 2 is 1.73 bits per heavy atom. The molecule has 0 unspecified atom stereocenters. The summed E-state index contributed by atoms with van der Waals surface area (Å²) in [6.45, 7) is 7.40. The molecule has 4 aromatic rings. The minimum atomic E-state index is -0.350. The Hall–Kier alpha value is -3.53. The van der Waals surface area contributed by atoms with E-state index in [9.17, 15) is 4.79 Å². The number of rotatable bonds is 2. The largest absolute Gasteiger partial charge is 0.472 e. The second-order valence-corrected chi connectivity index (χ2v) is 7.97. The lowest BCUT2D eigenvalue weighted by atomic mass is 9.96. The molecule has 4 heteroatoms. The molecule has 0 amide bonds. The van der Waals surface area contributed by atoms with E-state index in [4.69, 9.17) is 9.15 Å². The zero-order valence-electron chi connectivity index (χ0n) is 17.4. The lowest BCUT2D eigenvalue weighted by Crippen LogP contribution is -2.32. The summed E-state index contributed by atoms with van der Waals surface area (Å²) in [5.74, 6) is 0.817. The fourth-order valence-corrected chi connectivity index (χ4v) is 4.39. The molecule has 0 fully saturated rings. The number of hydrogen-bond acceptors (Lipinski definition) is 4. The Morgan fingerprint density at radius 3 is 2.50 bits per heavy atom. The molecule has 5 rings (SSSR count). The van der Waals surface area contributed by atoms with Crippen molar-refractivity contribution >= 4 is 16.7 Å². The average molecular weight is 397 g/mol. The van der Waals surface area contributed by atoms with Crippen molar-refractivity contribution in [3.05, 3.63) is 93.3 Å². The van der Waals surface area contributed by atoms with Crippen LogP contribution >= 0.6 is 0 Å². The van der Waals surface area contributed by atoms with E-state index in [1.807, 2.05) is 37.3 Å². The van der Waals surface area contributed by atoms with E-state index in [0.717, 1.165) is 39.9 Å². The number of anilines is 1. The Kier molecular flexibility index (Phi) is 4.35. The molecule has 1 aliphatic heterocycles. The molecular formula is C26H23NO3. The van der Waals surface area contributed by atoms with Crippen molar-refractivity contribution in [3.63, 3.8) is 0 Å². The van der Waals surface area contributed by atoms with Gasteiger partial charge in [-0.2, -0.15) is 0 Å². The van der Waals surface area contributed by atoms with Gasteiger partial charge in [0.2, 0.25) is 0 Å². The molecule has 0 bridgehead atoms. The molecule has 0 aliphatic carbocycles. The van der Waals surface area contributed by atoms with E-state index in [1.54, 1.807) is 6.07 Å². The SMILES string of the molecule is Cc1ccc(N2COc3c(cc4c(-c5ccccc5)cc(=O)oc4c3C)C2)c(C)c1. The van der Waals surface area contributed by atoms with Gasteiger partial charge in [0.25, 0.3) is 0 Å². The summed E-state index contributed by atoms with van der Waals surface area (Å²) in [6.07, 6.45) is 0. The summed E-state index contributed by atoms with van der Waals surface area (Å²) >= 11 is 0.